The Labute approximate surface area is 161 Å². The van der Waals surface area contributed by atoms with E-state index in [0.29, 0.717) is 34.4 Å². The van der Waals surface area contributed by atoms with E-state index in [2.05, 4.69) is 15.4 Å². The first-order valence-electron chi connectivity index (χ1n) is 8.67. The van der Waals surface area contributed by atoms with Gasteiger partial charge in [0.2, 0.25) is 5.82 Å². The van der Waals surface area contributed by atoms with Gasteiger partial charge in [-0.15, -0.1) is 10.2 Å². The van der Waals surface area contributed by atoms with Crippen LogP contribution in [0.1, 0.15) is 36.8 Å². The van der Waals surface area contributed by atoms with Crippen LogP contribution in [0.3, 0.4) is 0 Å². The molecule has 0 saturated carbocycles. The number of hydrogen-bond acceptors (Lipinski definition) is 4. The minimum absolute atomic E-state index is 0.00218. The second kappa shape index (κ2) is 8.47. The number of halogens is 2. The molecule has 7 heteroatoms. The van der Waals surface area contributed by atoms with E-state index in [1.807, 2.05) is 13.8 Å². The summed E-state index contributed by atoms with van der Waals surface area (Å²) in [6.45, 7) is 3.83. The standard InChI is InChI=1S/C21H18F2N4O/c1-14(2)27-25-21(24-26-27)19(4-3-13-28)20(15-5-9-17(22)10-6-15)16-7-11-18(23)12-8-16/h3-14H,1-2H3/b4-3+. The summed E-state index contributed by atoms with van der Waals surface area (Å²) in [4.78, 5) is 12.4. The Bertz CT molecular complexity index is 972. The molecule has 0 spiro atoms. The smallest absolute Gasteiger partial charge is 0.205 e. The number of hydrogen-bond donors (Lipinski definition) is 0. The minimum Gasteiger partial charge on any atom is -0.299 e. The van der Waals surface area contributed by atoms with Crippen LogP contribution in [0.15, 0.2) is 60.7 Å². The van der Waals surface area contributed by atoms with Gasteiger partial charge < -0.3 is 0 Å². The van der Waals surface area contributed by atoms with Crippen LogP contribution in [-0.4, -0.2) is 26.5 Å². The Morgan fingerprint density at radius 1 is 0.964 bits per heavy atom. The molecule has 1 aromatic heterocycles. The molecule has 0 aliphatic heterocycles. The quantitative estimate of drug-likeness (QED) is 0.364. The van der Waals surface area contributed by atoms with Crippen molar-refractivity contribution < 1.29 is 13.6 Å². The summed E-state index contributed by atoms with van der Waals surface area (Å²) < 4.78 is 26.9. The molecular formula is C21H18F2N4O. The first-order chi connectivity index (χ1) is 13.5. The molecule has 0 atom stereocenters. The Kier molecular flexibility index (Phi) is 5.84. The predicted molar refractivity (Wildman–Crippen MR) is 102 cm³/mol. The first-order valence-corrected chi connectivity index (χ1v) is 8.67. The van der Waals surface area contributed by atoms with Gasteiger partial charge in [0.15, 0.2) is 0 Å². The maximum Gasteiger partial charge on any atom is 0.205 e. The van der Waals surface area contributed by atoms with E-state index in [1.54, 1.807) is 30.3 Å². The fourth-order valence-corrected chi connectivity index (χ4v) is 2.67. The van der Waals surface area contributed by atoms with Gasteiger partial charge in [-0.2, -0.15) is 4.80 Å². The Morgan fingerprint density at radius 3 is 1.93 bits per heavy atom. The molecule has 0 radical (unpaired) electrons. The van der Waals surface area contributed by atoms with Gasteiger partial charge in [0.25, 0.3) is 0 Å². The average Bonchev–Trinajstić information content (AvgIpc) is 3.17. The Balaban J connectivity index is 2.30. The van der Waals surface area contributed by atoms with Gasteiger partial charge in [-0.3, -0.25) is 4.79 Å². The highest BCUT2D eigenvalue weighted by molar-refractivity contribution is 6.01. The molecule has 0 unspecified atom stereocenters. The molecule has 0 fully saturated rings. The van der Waals surface area contributed by atoms with Gasteiger partial charge >= 0.3 is 0 Å². The highest BCUT2D eigenvalue weighted by Crippen LogP contribution is 2.32. The van der Waals surface area contributed by atoms with Crippen LogP contribution in [0.5, 0.6) is 0 Å². The second-order valence-electron chi connectivity index (χ2n) is 6.32. The van der Waals surface area contributed by atoms with Gasteiger partial charge in [0.05, 0.1) is 6.04 Å². The summed E-state index contributed by atoms with van der Waals surface area (Å²) in [7, 11) is 0. The monoisotopic (exact) mass is 380 g/mol. The second-order valence-corrected chi connectivity index (χ2v) is 6.32. The van der Waals surface area contributed by atoms with E-state index in [4.69, 9.17) is 0 Å². The molecule has 0 bridgehead atoms. The van der Waals surface area contributed by atoms with Gasteiger partial charge in [-0.1, -0.05) is 24.3 Å². The Morgan fingerprint density at radius 2 is 1.50 bits per heavy atom. The molecule has 0 aliphatic carbocycles. The molecular weight excluding hydrogens is 362 g/mol. The molecule has 28 heavy (non-hydrogen) atoms. The molecule has 3 rings (SSSR count). The third-order valence-electron chi connectivity index (χ3n) is 4.01. The maximum atomic E-state index is 13.5. The lowest BCUT2D eigenvalue weighted by Crippen LogP contribution is -2.05. The van der Waals surface area contributed by atoms with Gasteiger partial charge in [-0.05, 0) is 66.6 Å². The molecule has 1 heterocycles. The average molecular weight is 380 g/mol. The summed E-state index contributed by atoms with van der Waals surface area (Å²) >= 11 is 0. The number of aldehydes is 1. The fourth-order valence-electron chi connectivity index (χ4n) is 2.67. The number of allylic oxidation sites excluding steroid dienone is 3. The lowest BCUT2D eigenvalue weighted by molar-refractivity contribution is -0.104. The molecule has 3 aromatic rings. The zero-order chi connectivity index (χ0) is 20.1. The van der Waals surface area contributed by atoms with Crippen molar-refractivity contribution in [3.8, 4) is 0 Å². The number of carbonyl (C=O) groups excluding carboxylic acids is 1. The lowest BCUT2D eigenvalue weighted by atomic mass is 9.92. The number of tetrazole rings is 1. The molecule has 0 saturated heterocycles. The molecule has 5 nitrogen and oxygen atoms in total. The number of aromatic nitrogens is 4. The van der Waals surface area contributed by atoms with Crippen LogP contribution in [0.2, 0.25) is 0 Å². The molecule has 142 valence electrons. The largest absolute Gasteiger partial charge is 0.299 e. The van der Waals surface area contributed by atoms with E-state index in [1.165, 1.54) is 35.1 Å². The van der Waals surface area contributed by atoms with Crippen LogP contribution >= 0.6 is 0 Å². The third kappa shape index (κ3) is 4.25. The molecule has 0 aliphatic rings. The fraction of sp³-hybridized carbons (Fsp3) is 0.143. The number of benzene rings is 2. The SMILES string of the molecule is CC(C)n1nnc(C(/C=C/C=O)=C(c2ccc(F)cc2)c2ccc(F)cc2)n1. The van der Waals surface area contributed by atoms with Crippen LogP contribution in [0.25, 0.3) is 11.1 Å². The topological polar surface area (TPSA) is 60.7 Å². The summed E-state index contributed by atoms with van der Waals surface area (Å²) in [5.41, 5.74) is 2.47. The lowest BCUT2D eigenvalue weighted by Gasteiger charge is -2.12. The van der Waals surface area contributed by atoms with Crippen molar-refractivity contribution in [1.82, 2.24) is 20.2 Å². The first kappa shape index (κ1) is 19.3. The maximum absolute atomic E-state index is 13.5. The van der Waals surface area contributed by atoms with Crippen molar-refractivity contribution in [2.45, 2.75) is 19.9 Å². The van der Waals surface area contributed by atoms with Gasteiger partial charge in [0, 0.05) is 11.1 Å². The van der Waals surface area contributed by atoms with Crippen molar-refractivity contribution in [2.24, 2.45) is 0 Å². The van der Waals surface area contributed by atoms with Crippen LogP contribution in [-0.2, 0) is 4.79 Å². The van der Waals surface area contributed by atoms with E-state index in [-0.39, 0.29) is 17.7 Å². The van der Waals surface area contributed by atoms with Crippen LogP contribution in [0, 0.1) is 11.6 Å². The van der Waals surface area contributed by atoms with Crippen molar-refractivity contribution in [3.05, 3.63) is 89.3 Å². The van der Waals surface area contributed by atoms with Crippen molar-refractivity contribution in [1.29, 1.82) is 0 Å². The summed E-state index contributed by atoms with van der Waals surface area (Å²) in [5.74, 6) is -0.456. The minimum atomic E-state index is -0.379. The summed E-state index contributed by atoms with van der Waals surface area (Å²) in [5, 5.41) is 12.5. The summed E-state index contributed by atoms with van der Waals surface area (Å²) in [6, 6.07) is 11.8. The van der Waals surface area contributed by atoms with Crippen molar-refractivity contribution in [3.63, 3.8) is 0 Å². The van der Waals surface area contributed by atoms with E-state index in [9.17, 15) is 13.6 Å². The van der Waals surface area contributed by atoms with Gasteiger partial charge in [-0.25, -0.2) is 8.78 Å². The van der Waals surface area contributed by atoms with Gasteiger partial charge in [0.1, 0.15) is 17.9 Å². The third-order valence-corrected chi connectivity index (χ3v) is 4.01. The molecule has 2 aromatic carbocycles. The normalized spacial score (nSPS) is 11.2. The molecule has 0 amide bonds. The van der Waals surface area contributed by atoms with E-state index >= 15 is 0 Å². The number of carbonyl (C=O) groups is 1. The van der Waals surface area contributed by atoms with E-state index in [0.717, 1.165) is 0 Å². The zero-order valence-electron chi connectivity index (χ0n) is 15.4. The number of nitrogens with zero attached hydrogens (tertiary/aromatic N) is 4. The highest BCUT2D eigenvalue weighted by atomic mass is 19.1. The van der Waals surface area contributed by atoms with Crippen molar-refractivity contribution in [2.75, 3.05) is 0 Å². The van der Waals surface area contributed by atoms with Crippen LogP contribution in [0.4, 0.5) is 8.78 Å². The van der Waals surface area contributed by atoms with Crippen molar-refractivity contribution >= 4 is 17.4 Å². The molecule has 0 N–H and O–H groups in total. The van der Waals surface area contributed by atoms with E-state index < -0.39 is 0 Å². The van der Waals surface area contributed by atoms with Crippen LogP contribution < -0.4 is 0 Å². The Hall–Kier alpha value is -3.48. The summed E-state index contributed by atoms with van der Waals surface area (Å²) in [6.07, 6.45) is 3.52. The highest BCUT2D eigenvalue weighted by Gasteiger charge is 2.17. The zero-order valence-corrected chi connectivity index (χ0v) is 15.4. The number of rotatable bonds is 6. The predicted octanol–water partition coefficient (Wildman–Crippen LogP) is 4.25.